The summed E-state index contributed by atoms with van der Waals surface area (Å²) >= 11 is 0. The third kappa shape index (κ3) is 4.30. The number of hydrazine groups is 1. The Kier molecular flexibility index (Phi) is 6.44. The maximum absolute atomic E-state index is 13.5. The first kappa shape index (κ1) is 24.2. The third-order valence-corrected chi connectivity index (χ3v) is 11.6. The molecule has 6 nitrogen and oxygen atoms in total. The first-order valence-electron chi connectivity index (χ1n) is 11.8. The molecule has 2 aliphatic heterocycles. The van der Waals surface area contributed by atoms with Crippen molar-refractivity contribution in [3.8, 4) is 0 Å². The van der Waals surface area contributed by atoms with E-state index in [2.05, 4.69) is 63.1 Å². The van der Waals surface area contributed by atoms with Gasteiger partial charge in [-0.2, -0.15) is 5.01 Å². The van der Waals surface area contributed by atoms with Gasteiger partial charge in [0.15, 0.2) is 0 Å². The molecule has 0 radical (unpaired) electrons. The quantitative estimate of drug-likeness (QED) is 0.238. The van der Waals surface area contributed by atoms with E-state index in [4.69, 9.17) is 9.16 Å². The van der Waals surface area contributed by atoms with Crippen LogP contribution in [0.3, 0.4) is 0 Å². The summed E-state index contributed by atoms with van der Waals surface area (Å²) in [5.74, 6) is -0.411. The summed E-state index contributed by atoms with van der Waals surface area (Å²) in [6.07, 6.45) is 0.823. The van der Waals surface area contributed by atoms with Gasteiger partial charge < -0.3 is 9.16 Å². The Morgan fingerprint density at radius 3 is 1.88 bits per heavy atom. The minimum Gasteiger partial charge on any atom is -0.537 e. The molecule has 180 valence electrons. The summed E-state index contributed by atoms with van der Waals surface area (Å²) in [7, 11) is -1.02. The molecule has 7 heteroatoms. The molecule has 34 heavy (non-hydrogen) atoms. The van der Waals surface area contributed by atoms with Gasteiger partial charge in [-0.05, 0) is 29.3 Å². The topological polar surface area (TPSA) is 59.1 Å². The summed E-state index contributed by atoms with van der Waals surface area (Å²) in [6.45, 7) is 10.6. The van der Waals surface area contributed by atoms with E-state index in [-0.39, 0.29) is 28.8 Å². The number of methoxy groups -OCH3 is 1. The number of esters is 1. The van der Waals surface area contributed by atoms with Crippen molar-refractivity contribution in [1.82, 2.24) is 10.0 Å². The molecule has 1 amide bonds. The highest BCUT2D eigenvalue weighted by molar-refractivity contribution is 6.74. The van der Waals surface area contributed by atoms with Gasteiger partial charge in [-0.25, -0.2) is 9.80 Å². The molecule has 2 saturated heterocycles. The van der Waals surface area contributed by atoms with Crippen molar-refractivity contribution in [3.05, 3.63) is 83.2 Å². The van der Waals surface area contributed by atoms with Crippen LogP contribution < -0.4 is 0 Å². The Morgan fingerprint density at radius 2 is 1.41 bits per heavy atom. The first-order chi connectivity index (χ1) is 16.0. The van der Waals surface area contributed by atoms with Crippen LogP contribution in [0.5, 0.6) is 0 Å². The van der Waals surface area contributed by atoms with Gasteiger partial charge in [0, 0.05) is 6.42 Å². The molecular weight excluding hydrogens is 444 g/mol. The molecule has 2 atom stereocenters. The Morgan fingerprint density at radius 1 is 0.912 bits per heavy atom. The van der Waals surface area contributed by atoms with Crippen LogP contribution >= 0.6 is 0 Å². The number of nitrogens with zero attached hydrogens (tertiary/aromatic N) is 2. The molecule has 0 unspecified atom stereocenters. The zero-order chi connectivity index (χ0) is 24.7. The van der Waals surface area contributed by atoms with Crippen molar-refractivity contribution < 1.29 is 18.8 Å². The molecule has 0 N–H and O–H groups in total. The fourth-order valence-electron chi connectivity index (χ4n) is 4.42. The van der Waals surface area contributed by atoms with Crippen LogP contribution in [0.2, 0.25) is 18.1 Å². The highest BCUT2D eigenvalue weighted by atomic mass is 28.4. The lowest BCUT2D eigenvalue weighted by Gasteiger charge is -2.37. The summed E-state index contributed by atoms with van der Waals surface area (Å²) in [6, 6.07) is 20.0. The Labute approximate surface area is 203 Å². The van der Waals surface area contributed by atoms with Crippen LogP contribution in [0.15, 0.2) is 72.1 Å². The molecule has 0 spiro atoms. The average molecular weight is 479 g/mol. The molecule has 0 bridgehead atoms. The number of benzene rings is 2. The van der Waals surface area contributed by atoms with Crippen LogP contribution in [-0.4, -0.2) is 37.3 Å². The number of carbonyl (C=O) groups excluding carboxylic acids is 2. The molecule has 4 rings (SSSR count). The molecule has 2 aromatic carbocycles. The second kappa shape index (κ2) is 9.04. The molecule has 2 aromatic rings. The monoisotopic (exact) mass is 478 g/mol. The van der Waals surface area contributed by atoms with Crippen LogP contribution in [0.25, 0.3) is 0 Å². The highest BCUT2D eigenvalue weighted by Gasteiger charge is 2.52. The van der Waals surface area contributed by atoms with Crippen molar-refractivity contribution in [2.75, 3.05) is 7.11 Å². The third-order valence-electron chi connectivity index (χ3n) is 7.28. The van der Waals surface area contributed by atoms with Gasteiger partial charge >= 0.3 is 5.97 Å². The summed E-state index contributed by atoms with van der Waals surface area (Å²) in [5.41, 5.74) is 2.76. The number of amides is 1. The van der Waals surface area contributed by atoms with E-state index in [1.807, 2.05) is 36.4 Å². The van der Waals surface area contributed by atoms with Gasteiger partial charge in [0.1, 0.15) is 0 Å². The van der Waals surface area contributed by atoms with Crippen molar-refractivity contribution in [2.24, 2.45) is 0 Å². The summed E-state index contributed by atoms with van der Waals surface area (Å²) in [4.78, 5) is 26.5. The maximum atomic E-state index is 13.5. The fraction of sp³-hybridized carbons (Fsp3) is 0.407. The van der Waals surface area contributed by atoms with Crippen LogP contribution in [0.4, 0.5) is 0 Å². The second-order valence-electron chi connectivity index (χ2n) is 10.5. The van der Waals surface area contributed by atoms with E-state index >= 15 is 0 Å². The molecular formula is C27H34N2O4Si. The minimum atomic E-state index is -2.38. The Hall–Kier alpha value is -2.90. The molecule has 2 aliphatic rings. The zero-order valence-electron chi connectivity index (χ0n) is 20.9. The maximum Gasteiger partial charge on any atom is 0.373 e. The van der Waals surface area contributed by atoms with E-state index in [0.717, 1.165) is 11.1 Å². The van der Waals surface area contributed by atoms with Gasteiger partial charge in [-0.15, -0.1) is 0 Å². The number of hydrogen-bond donors (Lipinski definition) is 0. The zero-order valence-corrected chi connectivity index (χ0v) is 21.9. The Balaban J connectivity index is 1.87. The number of ether oxygens (including phenoxy) is 1. The number of rotatable bonds is 5. The molecule has 2 fully saturated rings. The predicted octanol–water partition coefficient (Wildman–Crippen LogP) is 5.73. The first-order valence-corrected chi connectivity index (χ1v) is 14.7. The van der Waals surface area contributed by atoms with Crippen molar-refractivity contribution in [2.45, 2.75) is 63.8 Å². The number of fused-ring (bicyclic) bond motifs is 1. The predicted molar refractivity (Wildman–Crippen MR) is 134 cm³/mol. The van der Waals surface area contributed by atoms with Crippen molar-refractivity contribution >= 4 is 20.2 Å². The van der Waals surface area contributed by atoms with Gasteiger partial charge in [-0.3, -0.25) is 4.79 Å². The standard InChI is InChI=1S/C27H34N2O4Si/c1-27(2,3)34(5,6)33-25(26(31)32-4)23-17-21(19-13-9-7-10-14-19)28-22(18-24(30)29(23)28)20-15-11-8-12-16-20/h7-16,21-22H,17-18H2,1-6H3/b25-23+/t21-,22+/m0/s1. The van der Waals surface area contributed by atoms with Gasteiger partial charge in [0.25, 0.3) is 8.32 Å². The van der Waals surface area contributed by atoms with E-state index in [0.29, 0.717) is 18.5 Å². The van der Waals surface area contributed by atoms with E-state index in [1.54, 1.807) is 5.01 Å². The number of carbonyl (C=O) groups is 2. The molecule has 0 aromatic heterocycles. The van der Waals surface area contributed by atoms with Crippen molar-refractivity contribution in [3.63, 3.8) is 0 Å². The average Bonchev–Trinajstić information content (AvgIpc) is 3.36. The van der Waals surface area contributed by atoms with Crippen molar-refractivity contribution in [1.29, 1.82) is 0 Å². The minimum absolute atomic E-state index is 0.0393. The lowest BCUT2D eigenvalue weighted by atomic mass is 9.98. The lowest BCUT2D eigenvalue weighted by Crippen LogP contribution is -2.43. The second-order valence-corrected chi connectivity index (χ2v) is 15.2. The highest BCUT2D eigenvalue weighted by Crippen LogP contribution is 2.51. The normalized spacial score (nSPS) is 22.5. The van der Waals surface area contributed by atoms with Gasteiger partial charge in [0.2, 0.25) is 11.7 Å². The summed E-state index contributed by atoms with van der Waals surface area (Å²) < 4.78 is 11.7. The number of hydrogen-bond acceptors (Lipinski definition) is 5. The SMILES string of the molecule is COC(=O)/C(O[Si](C)(C)C(C)(C)C)=C1/C[C@@H](c2ccccc2)N2[C@@H](c3ccccc3)CC(=O)N12. The van der Waals surface area contributed by atoms with Gasteiger partial charge in [-0.1, -0.05) is 81.4 Å². The molecule has 0 saturated carbocycles. The van der Waals surface area contributed by atoms with Crippen LogP contribution in [0, 0.1) is 0 Å². The lowest BCUT2D eigenvalue weighted by molar-refractivity contribution is -0.139. The molecule has 2 heterocycles. The fourth-order valence-corrected chi connectivity index (χ4v) is 5.44. The van der Waals surface area contributed by atoms with E-state index < -0.39 is 14.3 Å². The van der Waals surface area contributed by atoms with Crippen LogP contribution in [0.1, 0.15) is 56.8 Å². The smallest absolute Gasteiger partial charge is 0.373 e. The van der Waals surface area contributed by atoms with E-state index in [9.17, 15) is 9.59 Å². The Bertz CT molecular complexity index is 1090. The summed E-state index contributed by atoms with van der Waals surface area (Å²) in [5, 5.41) is 3.69. The van der Waals surface area contributed by atoms with E-state index in [1.165, 1.54) is 7.11 Å². The van der Waals surface area contributed by atoms with Gasteiger partial charge in [0.05, 0.1) is 31.3 Å². The molecule has 0 aliphatic carbocycles. The largest absolute Gasteiger partial charge is 0.537 e. The van der Waals surface area contributed by atoms with Crippen LogP contribution in [-0.2, 0) is 18.8 Å².